The lowest BCUT2D eigenvalue weighted by Gasteiger charge is -2.34. The van der Waals surface area contributed by atoms with Crippen LogP contribution in [-0.4, -0.2) is 77.2 Å². The molecule has 0 aromatic heterocycles. The molecular weight excluding hydrogens is 454 g/mol. The molecule has 34 heavy (non-hydrogen) atoms. The van der Waals surface area contributed by atoms with E-state index in [4.69, 9.17) is 9.47 Å². The van der Waals surface area contributed by atoms with E-state index in [1.54, 1.807) is 61.5 Å². The summed E-state index contributed by atoms with van der Waals surface area (Å²) in [5.74, 6) is 0.340. The number of aryl methyl sites for hydroxylation is 1. The maximum atomic E-state index is 13.3. The van der Waals surface area contributed by atoms with Gasteiger partial charge in [-0.2, -0.15) is 0 Å². The monoisotopic (exact) mass is 489 g/mol. The first kappa shape index (κ1) is 26.0. The Labute approximate surface area is 202 Å². The molecule has 1 aliphatic rings. The van der Waals surface area contributed by atoms with E-state index in [1.165, 1.54) is 0 Å². The number of carbonyl (C=O) groups is 1. The molecule has 0 aliphatic carbocycles. The minimum atomic E-state index is -3.78. The molecule has 1 N–H and O–H groups in total. The zero-order valence-corrected chi connectivity index (χ0v) is 21.6. The second kappa shape index (κ2) is 10.8. The second-order valence-electron chi connectivity index (χ2n) is 9.17. The smallest absolute Gasteiger partial charge is 0.261 e. The largest absolute Gasteiger partial charge is 0.491 e. The number of anilines is 1. The minimum Gasteiger partial charge on any atom is -0.491 e. The van der Waals surface area contributed by atoms with Gasteiger partial charge in [0.25, 0.3) is 15.9 Å². The summed E-state index contributed by atoms with van der Waals surface area (Å²) in [6.45, 7) is 7.63. The van der Waals surface area contributed by atoms with Gasteiger partial charge in [-0.25, -0.2) is 8.42 Å². The van der Waals surface area contributed by atoms with E-state index in [1.807, 2.05) is 14.0 Å². The van der Waals surface area contributed by atoms with Gasteiger partial charge in [-0.15, -0.1) is 0 Å². The fourth-order valence-electron chi connectivity index (χ4n) is 3.95. The number of benzene rings is 2. The Hall–Kier alpha value is -2.62. The normalized spacial score (nSPS) is 22.8. The Bertz CT molecular complexity index is 1100. The van der Waals surface area contributed by atoms with Gasteiger partial charge in [0.1, 0.15) is 12.4 Å². The van der Waals surface area contributed by atoms with E-state index in [0.29, 0.717) is 30.2 Å². The van der Waals surface area contributed by atoms with Gasteiger partial charge in [-0.1, -0.05) is 24.6 Å². The molecule has 0 unspecified atom stereocenters. The lowest BCUT2D eigenvalue weighted by atomic mass is 10.0. The second-order valence-corrected chi connectivity index (χ2v) is 10.8. The summed E-state index contributed by atoms with van der Waals surface area (Å²) in [6.07, 6.45) is -0.118. The van der Waals surface area contributed by atoms with Crippen LogP contribution < -0.4 is 9.46 Å². The zero-order chi connectivity index (χ0) is 25.0. The summed E-state index contributed by atoms with van der Waals surface area (Å²) in [7, 11) is 1.65. The number of hydrogen-bond acceptors (Lipinski definition) is 6. The van der Waals surface area contributed by atoms with Gasteiger partial charge in [-0.3, -0.25) is 14.4 Å². The number of fused-ring (bicyclic) bond motifs is 1. The molecule has 2 aromatic rings. The third-order valence-electron chi connectivity index (χ3n) is 6.34. The van der Waals surface area contributed by atoms with Gasteiger partial charge in [-0.05, 0) is 51.1 Å². The van der Waals surface area contributed by atoms with E-state index in [-0.39, 0.29) is 28.9 Å². The predicted octanol–water partition coefficient (Wildman–Crippen LogP) is 3.23. The van der Waals surface area contributed by atoms with Crippen LogP contribution in [0.4, 0.5) is 5.69 Å². The molecule has 0 spiro atoms. The molecule has 186 valence electrons. The number of nitrogens with zero attached hydrogens (tertiary/aromatic N) is 2. The van der Waals surface area contributed by atoms with Crippen molar-refractivity contribution in [2.24, 2.45) is 5.92 Å². The summed E-state index contributed by atoms with van der Waals surface area (Å²) < 4.78 is 40.1. The van der Waals surface area contributed by atoms with Crippen LogP contribution in [0.2, 0.25) is 0 Å². The molecule has 1 amide bonds. The van der Waals surface area contributed by atoms with Crippen LogP contribution in [0.15, 0.2) is 47.4 Å². The molecule has 0 saturated heterocycles. The highest BCUT2D eigenvalue weighted by Crippen LogP contribution is 2.28. The van der Waals surface area contributed by atoms with Crippen molar-refractivity contribution in [3.05, 3.63) is 53.6 Å². The van der Waals surface area contributed by atoms with Crippen LogP contribution in [-0.2, 0) is 14.8 Å². The number of methoxy groups -OCH3 is 1. The molecule has 8 nitrogen and oxygen atoms in total. The first-order chi connectivity index (χ1) is 16.0. The zero-order valence-electron chi connectivity index (χ0n) is 20.7. The number of amides is 1. The molecule has 2 aromatic carbocycles. The molecule has 0 bridgehead atoms. The first-order valence-corrected chi connectivity index (χ1v) is 12.8. The van der Waals surface area contributed by atoms with Gasteiger partial charge in [0.05, 0.1) is 22.3 Å². The lowest BCUT2D eigenvalue weighted by Crippen LogP contribution is -2.45. The van der Waals surface area contributed by atoms with E-state index in [2.05, 4.69) is 23.5 Å². The number of nitrogens with one attached hydrogen (secondary N) is 1. The Balaban J connectivity index is 1.94. The number of carbonyl (C=O) groups excluding carboxylic acids is 1. The molecule has 0 radical (unpaired) electrons. The number of rotatable bonds is 4. The molecule has 3 atom stereocenters. The summed E-state index contributed by atoms with van der Waals surface area (Å²) in [5.41, 5.74) is 1.67. The summed E-state index contributed by atoms with van der Waals surface area (Å²) >= 11 is 0. The topological polar surface area (TPSA) is 88.2 Å². The maximum Gasteiger partial charge on any atom is 0.261 e. The Morgan fingerprint density at radius 2 is 1.74 bits per heavy atom. The van der Waals surface area contributed by atoms with Crippen LogP contribution in [0.1, 0.15) is 29.8 Å². The molecule has 1 aliphatic heterocycles. The highest BCUT2D eigenvalue weighted by atomic mass is 32.2. The molecule has 0 saturated carbocycles. The molecular formula is C25H35N3O5S. The van der Waals surface area contributed by atoms with Crippen LogP contribution in [0.25, 0.3) is 0 Å². The summed E-state index contributed by atoms with van der Waals surface area (Å²) in [5, 5.41) is 0. The third kappa shape index (κ3) is 6.08. The summed E-state index contributed by atoms with van der Waals surface area (Å²) in [4.78, 5) is 17.2. The van der Waals surface area contributed by atoms with Crippen molar-refractivity contribution >= 4 is 21.6 Å². The lowest BCUT2D eigenvalue weighted by molar-refractivity contribution is 0.0150. The predicted molar refractivity (Wildman–Crippen MR) is 133 cm³/mol. The van der Waals surface area contributed by atoms with Crippen molar-refractivity contribution in [2.75, 3.05) is 45.6 Å². The van der Waals surface area contributed by atoms with Gasteiger partial charge in [0.15, 0.2) is 0 Å². The van der Waals surface area contributed by atoms with Crippen LogP contribution in [0, 0.1) is 12.8 Å². The van der Waals surface area contributed by atoms with Crippen LogP contribution in [0.5, 0.6) is 5.75 Å². The van der Waals surface area contributed by atoms with E-state index in [0.717, 1.165) is 12.1 Å². The van der Waals surface area contributed by atoms with Crippen LogP contribution >= 0.6 is 0 Å². The van der Waals surface area contributed by atoms with Crippen LogP contribution in [0.3, 0.4) is 0 Å². The van der Waals surface area contributed by atoms with E-state index < -0.39 is 10.0 Å². The van der Waals surface area contributed by atoms with Crippen molar-refractivity contribution in [3.63, 3.8) is 0 Å². The molecule has 1 heterocycles. The number of hydrogen-bond donors (Lipinski definition) is 1. The van der Waals surface area contributed by atoms with Gasteiger partial charge in [0, 0.05) is 39.4 Å². The van der Waals surface area contributed by atoms with Gasteiger partial charge >= 0.3 is 0 Å². The highest BCUT2D eigenvalue weighted by molar-refractivity contribution is 7.92. The van der Waals surface area contributed by atoms with Gasteiger partial charge < -0.3 is 14.4 Å². The quantitative estimate of drug-likeness (QED) is 0.710. The molecule has 3 rings (SSSR count). The van der Waals surface area contributed by atoms with Crippen molar-refractivity contribution in [1.29, 1.82) is 0 Å². The van der Waals surface area contributed by atoms with Gasteiger partial charge in [0.2, 0.25) is 0 Å². The van der Waals surface area contributed by atoms with E-state index in [9.17, 15) is 13.2 Å². The average molecular weight is 490 g/mol. The Morgan fingerprint density at radius 3 is 2.38 bits per heavy atom. The number of ether oxygens (including phenoxy) is 2. The maximum absolute atomic E-state index is 13.3. The number of likely N-dealkylation sites (N-methyl/N-ethyl adjacent to an activating group) is 2. The minimum absolute atomic E-state index is 0.0768. The third-order valence-corrected chi connectivity index (χ3v) is 7.74. The summed E-state index contributed by atoms with van der Waals surface area (Å²) in [6, 6.07) is 11.4. The van der Waals surface area contributed by atoms with Crippen molar-refractivity contribution in [3.8, 4) is 5.75 Å². The number of sulfonamides is 1. The highest BCUT2D eigenvalue weighted by Gasteiger charge is 2.27. The standard InChI is InChI=1S/C25H35N3O5S/c1-17-7-10-21(11-8-17)34(30,31)26-20-9-12-22-23(13-20)33-16-19(3)27(4)14-18(2)24(32-6)15-28(5)25(22)29/h7-13,18-19,24,26H,14-16H2,1-6H3/t18-,19+,24-/m1/s1. The Morgan fingerprint density at radius 1 is 1.06 bits per heavy atom. The van der Waals surface area contributed by atoms with Crippen molar-refractivity contribution < 1.29 is 22.7 Å². The van der Waals surface area contributed by atoms with Crippen molar-refractivity contribution in [1.82, 2.24) is 9.80 Å². The molecule has 9 heteroatoms. The van der Waals surface area contributed by atoms with E-state index >= 15 is 0 Å². The average Bonchev–Trinajstić information content (AvgIpc) is 2.79. The molecule has 0 fully saturated rings. The fourth-order valence-corrected chi connectivity index (χ4v) is 5.00. The Kier molecular flexibility index (Phi) is 8.22. The SMILES string of the molecule is CO[C@@H]1CN(C)C(=O)c2ccc(NS(=O)(=O)c3ccc(C)cc3)cc2OC[C@H](C)N(C)C[C@H]1C. The van der Waals surface area contributed by atoms with Crippen molar-refractivity contribution in [2.45, 2.75) is 37.8 Å². The fraction of sp³-hybridized carbons (Fsp3) is 0.480. The first-order valence-electron chi connectivity index (χ1n) is 11.4.